The lowest BCUT2D eigenvalue weighted by Crippen LogP contribution is -2.57. The van der Waals surface area contributed by atoms with Gasteiger partial charge in [0.15, 0.2) is 0 Å². The van der Waals surface area contributed by atoms with Gasteiger partial charge in [-0.05, 0) is 19.8 Å². The predicted octanol–water partition coefficient (Wildman–Crippen LogP) is -0.217. The van der Waals surface area contributed by atoms with Crippen LogP contribution in [-0.4, -0.2) is 53.0 Å². The minimum Gasteiger partial charge on any atom is -0.481 e. The van der Waals surface area contributed by atoms with Gasteiger partial charge in [0, 0.05) is 6.61 Å². The van der Waals surface area contributed by atoms with Crippen LogP contribution in [0.1, 0.15) is 26.2 Å². The smallest absolute Gasteiger partial charge is 0.326 e. The number of carboxylic acids is 2. The lowest BCUT2D eigenvalue weighted by molar-refractivity contribution is -0.145. The molecule has 1 rings (SSSR count). The van der Waals surface area contributed by atoms with Crippen molar-refractivity contribution < 1.29 is 29.3 Å². The maximum atomic E-state index is 11.7. The van der Waals surface area contributed by atoms with Gasteiger partial charge in [0.1, 0.15) is 6.04 Å². The Morgan fingerprint density at radius 3 is 2.53 bits per heavy atom. The third-order valence-electron chi connectivity index (χ3n) is 2.84. The van der Waals surface area contributed by atoms with Gasteiger partial charge in [-0.25, -0.2) is 9.59 Å². The van der Waals surface area contributed by atoms with E-state index < -0.39 is 36.0 Å². The SMILES string of the molecule is CC1(NC(=O)N[C@@H](CC(=O)O)C(=O)O)CCCOC1. The summed E-state index contributed by atoms with van der Waals surface area (Å²) in [5, 5.41) is 22.1. The third kappa shape index (κ3) is 5.12. The van der Waals surface area contributed by atoms with Crippen LogP contribution < -0.4 is 10.6 Å². The van der Waals surface area contributed by atoms with Gasteiger partial charge in [0.2, 0.25) is 0 Å². The van der Waals surface area contributed by atoms with Crippen LogP contribution in [0, 0.1) is 0 Å². The predicted molar refractivity (Wildman–Crippen MR) is 63.8 cm³/mol. The number of hydrogen-bond donors (Lipinski definition) is 4. The van der Waals surface area contributed by atoms with E-state index in [1.807, 2.05) is 0 Å². The Hall–Kier alpha value is -1.83. The van der Waals surface area contributed by atoms with E-state index in [1.54, 1.807) is 6.92 Å². The number of nitrogens with one attached hydrogen (secondary N) is 2. The minimum absolute atomic E-state index is 0.344. The summed E-state index contributed by atoms with van der Waals surface area (Å²) >= 11 is 0. The Morgan fingerprint density at radius 1 is 1.37 bits per heavy atom. The molecule has 1 saturated heterocycles. The Labute approximate surface area is 110 Å². The largest absolute Gasteiger partial charge is 0.481 e. The van der Waals surface area contributed by atoms with Gasteiger partial charge < -0.3 is 25.6 Å². The first-order valence-electron chi connectivity index (χ1n) is 5.93. The fraction of sp³-hybridized carbons (Fsp3) is 0.727. The second-order valence-corrected chi connectivity index (χ2v) is 4.80. The van der Waals surface area contributed by atoms with Crippen LogP contribution in [0.25, 0.3) is 0 Å². The monoisotopic (exact) mass is 274 g/mol. The van der Waals surface area contributed by atoms with E-state index in [1.165, 1.54) is 0 Å². The topological polar surface area (TPSA) is 125 Å². The van der Waals surface area contributed by atoms with Crippen LogP contribution in [0.3, 0.4) is 0 Å². The normalized spacial score (nSPS) is 24.3. The summed E-state index contributed by atoms with van der Waals surface area (Å²) < 4.78 is 5.25. The van der Waals surface area contributed by atoms with Crippen LogP contribution in [0.4, 0.5) is 4.79 Å². The Bertz CT molecular complexity index is 364. The highest BCUT2D eigenvalue weighted by Crippen LogP contribution is 2.17. The lowest BCUT2D eigenvalue weighted by Gasteiger charge is -2.34. The number of carboxylic acid groups (broad SMARTS) is 2. The summed E-state index contributed by atoms with van der Waals surface area (Å²) in [5.74, 6) is -2.68. The van der Waals surface area contributed by atoms with Crippen molar-refractivity contribution in [2.75, 3.05) is 13.2 Å². The first kappa shape index (κ1) is 15.2. The molecule has 1 heterocycles. The zero-order valence-corrected chi connectivity index (χ0v) is 10.6. The summed E-state index contributed by atoms with van der Waals surface area (Å²) in [6.45, 7) is 2.77. The molecule has 8 nitrogen and oxygen atoms in total. The molecule has 0 aromatic rings. The highest BCUT2D eigenvalue weighted by molar-refractivity contribution is 5.86. The highest BCUT2D eigenvalue weighted by Gasteiger charge is 2.31. The van der Waals surface area contributed by atoms with Gasteiger partial charge in [-0.1, -0.05) is 0 Å². The lowest BCUT2D eigenvalue weighted by atomic mass is 9.95. The van der Waals surface area contributed by atoms with E-state index in [-0.39, 0.29) is 0 Å². The molecule has 1 fully saturated rings. The molecule has 0 spiro atoms. The number of urea groups is 1. The average Bonchev–Trinajstić information content (AvgIpc) is 2.27. The molecule has 1 aliphatic rings. The zero-order chi connectivity index (χ0) is 14.5. The fourth-order valence-corrected chi connectivity index (χ4v) is 1.88. The standard InChI is InChI=1S/C11H18N2O6/c1-11(3-2-4-19-6-11)13-10(18)12-7(9(16)17)5-8(14)15/h7H,2-6H2,1H3,(H,14,15)(H,16,17)(H2,12,13,18)/t7-,11?/m0/s1. The Morgan fingerprint density at radius 2 is 2.05 bits per heavy atom. The van der Waals surface area contributed by atoms with E-state index in [9.17, 15) is 14.4 Å². The van der Waals surface area contributed by atoms with Crippen LogP contribution in [0.5, 0.6) is 0 Å². The number of carbonyl (C=O) groups excluding carboxylic acids is 1. The van der Waals surface area contributed by atoms with Crippen molar-refractivity contribution in [2.45, 2.75) is 37.8 Å². The molecule has 108 valence electrons. The number of aliphatic carboxylic acids is 2. The summed E-state index contributed by atoms with van der Waals surface area (Å²) in [4.78, 5) is 33.0. The Kier molecular flexibility index (Phi) is 5.11. The molecule has 0 saturated carbocycles. The number of amides is 2. The van der Waals surface area contributed by atoms with Crippen molar-refractivity contribution in [3.8, 4) is 0 Å². The van der Waals surface area contributed by atoms with Gasteiger partial charge in [-0.15, -0.1) is 0 Å². The number of carbonyl (C=O) groups is 3. The maximum absolute atomic E-state index is 11.7. The van der Waals surface area contributed by atoms with Crippen LogP contribution >= 0.6 is 0 Å². The third-order valence-corrected chi connectivity index (χ3v) is 2.84. The van der Waals surface area contributed by atoms with Gasteiger partial charge in [-0.3, -0.25) is 4.79 Å². The molecule has 1 unspecified atom stereocenters. The number of hydrogen-bond acceptors (Lipinski definition) is 4. The van der Waals surface area contributed by atoms with E-state index >= 15 is 0 Å². The van der Waals surface area contributed by atoms with Gasteiger partial charge in [0.25, 0.3) is 0 Å². The molecule has 2 amide bonds. The molecule has 1 aliphatic heterocycles. The van der Waals surface area contributed by atoms with Crippen molar-refractivity contribution in [3.63, 3.8) is 0 Å². The molecular formula is C11H18N2O6. The summed E-state index contributed by atoms with van der Waals surface area (Å²) in [6.07, 6.45) is 0.849. The summed E-state index contributed by atoms with van der Waals surface area (Å²) in [5.41, 5.74) is -0.561. The maximum Gasteiger partial charge on any atom is 0.326 e. The first-order valence-corrected chi connectivity index (χ1v) is 5.93. The van der Waals surface area contributed by atoms with Crippen molar-refractivity contribution in [1.82, 2.24) is 10.6 Å². The van der Waals surface area contributed by atoms with Gasteiger partial charge in [-0.2, -0.15) is 0 Å². The summed E-state index contributed by atoms with van der Waals surface area (Å²) in [6, 6.07) is -2.16. The van der Waals surface area contributed by atoms with E-state index in [2.05, 4.69) is 10.6 Å². The molecular weight excluding hydrogens is 256 g/mol. The van der Waals surface area contributed by atoms with Crippen molar-refractivity contribution in [3.05, 3.63) is 0 Å². The quantitative estimate of drug-likeness (QED) is 0.549. The van der Waals surface area contributed by atoms with Crippen LogP contribution in [0.15, 0.2) is 0 Å². The first-order chi connectivity index (χ1) is 8.82. The molecule has 0 aromatic heterocycles. The highest BCUT2D eigenvalue weighted by atomic mass is 16.5. The molecule has 8 heteroatoms. The van der Waals surface area contributed by atoms with Gasteiger partial charge in [0.05, 0.1) is 18.6 Å². The second-order valence-electron chi connectivity index (χ2n) is 4.80. The van der Waals surface area contributed by atoms with E-state index in [0.29, 0.717) is 13.2 Å². The van der Waals surface area contributed by atoms with Gasteiger partial charge >= 0.3 is 18.0 Å². The molecule has 4 N–H and O–H groups in total. The molecule has 0 aromatic carbocycles. The summed E-state index contributed by atoms with van der Waals surface area (Å²) in [7, 11) is 0. The molecule has 0 bridgehead atoms. The van der Waals surface area contributed by atoms with Crippen molar-refractivity contribution >= 4 is 18.0 Å². The number of ether oxygens (including phenoxy) is 1. The van der Waals surface area contributed by atoms with Crippen LogP contribution in [-0.2, 0) is 14.3 Å². The molecule has 19 heavy (non-hydrogen) atoms. The molecule has 0 aliphatic carbocycles. The molecule has 2 atom stereocenters. The van der Waals surface area contributed by atoms with Crippen LogP contribution in [0.2, 0.25) is 0 Å². The molecule has 0 radical (unpaired) electrons. The second kappa shape index (κ2) is 6.37. The zero-order valence-electron chi connectivity index (χ0n) is 10.6. The van der Waals surface area contributed by atoms with E-state index in [4.69, 9.17) is 14.9 Å². The minimum atomic E-state index is -1.45. The number of rotatable bonds is 5. The Balaban J connectivity index is 2.52. The fourth-order valence-electron chi connectivity index (χ4n) is 1.88. The van der Waals surface area contributed by atoms with Crippen molar-refractivity contribution in [2.24, 2.45) is 0 Å². The van der Waals surface area contributed by atoms with Crippen molar-refractivity contribution in [1.29, 1.82) is 0 Å². The van der Waals surface area contributed by atoms with E-state index in [0.717, 1.165) is 12.8 Å². The average molecular weight is 274 g/mol.